The second-order valence-corrected chi connectivity index (χ2v) is 6.51. The van der Waals surface area contributed by atoms with Gasteiger partial charge in [0.05, 0.1) is 5.92 Å². The first-order valence-electron chi connectivity index (χ1n) is 7.48. The van der Waals surface area contributed by atoms with Crippen LogP contribution in [0.2, 0.25) is 0 Å². The van der Waals surface area contributed by atoms with Crippen molar-refractivity contribution >= 4 is 18.0 Å². The number of amides is 1. The van der Waals surface area contributed by atoms with Crippen molar-refractivity contribution in [2.24, 2.45) is 5.92 Å². The van der Waals surface area contributed by atoms with Crippen LogP contribution in [0.15, 0.2) is 30.3 Å². The number of benzene rings is 1. The van der Waals surface area contributed by atoms with Gasteiger partial charge in [0.15, 0.2) is 0 Å². The summed E-state index contributed by atoms with van der Waals surface area (Å²) in [7, 11) is 1.23. The standard InChI is InChI=1S/C17H23NO6/c1-17(2,3)24-16(23)18(4)13(15(21)22)12(14(19)20)10-11-8-6-5-7-9-11/h5-9,12-13H,10H2,1-4H3,(H,19,20)(H,21,22)/t12?,13-/m0/s1. The Morgan fingerprint density at radius 2 is 1.62 bits per heavy atom. The summed E-state index contributed by atoms with van der Waals surface area (Å²) in [6.07, 6.45) is -0.894. The van der Waals surface area contributed by atoms with Crippen LogP contribution in [0.25, 0.3) is 0 Å². The van der Waals surface area contributed by atoms with Gasteiger partial charge in [0.25, 0.3) is 0 Å². The molecule has 0 fully saturated rings. The summed E-state index contributed by atoms with van der Waals surface area (Å²) >= 11 is 0. The molecule has 1 aromatic carbocycles. The molecule has 1 amide bonds. The van der Waals surface area contributed by atoms with Gasteiger partial charge in [0.2, 0.25) is 0 Å². The lowest BCUT2D eigenvalue weighted by atomic mass is 9.91. The van der Waals surface area contributed by atoms with Crippen LogP contribution in [-0.4, -0.2) is 51.8 Å². The summed E-state index contributed by atoms with van der Waals surface area (Å²) in [5, 5.41) is 19.0. The molecule has 0 bridgehead atoms. The zero-order chi connectivity index (χ0) is 18.5. The summed E-state index contributed by atoms with van der Waals surface area (Å²) < 4.78 is 5.14. The van der Waals surface area contributed by atoms with Gasteiger partial charge in [-0.15, -0.1) is 0 Å². The maximum Gasteiger partial charge on any atom is 0.410 e. The van der Waals surface area contributed by atoms with E-state index in [1.165, 1.54) is 7.05 Å². The highest BCUT2D eigenvalue weighted by molar-refractivity contribution is 5.86. The molecule has 0 aliphatic rings. The molecule has 1 unspecified atom stereocenters. The predicted molar refractivity (Wildman–Crippen MR) is 86.7 cm³/mol. The maximum atomic E-state index is 12.1. The average Bonchev–Trinajstić information content (AvgIpc) is 2.45. The van der Waals surface area contributed by atoms with E-state index in [1.807, 2.05) is 0 Å². The summed E-state index contributed by atoms with van der Waals surface area (Å²) in [6, 6.07) is 7.13. The van der Waals surface area contributed by atoms with E-state index in [0.717, 1.165) is 4.90 Å². The van der Waals surface area contributed by atoms with Gasteiger partial charge in [0, 0.05) is 7.05 Å². The van der Waals surface area contributed by atoms with Crippen molar-refractivity contribution in [1.29, 1.82) is 0 Å². The largest absolute Gasteiger partial charge is 0.481 e. The molecular weight excluding hydrogens is 314 g/mol. The Kier molecular flexibility index (Phi) is 6.34. The number of nitrogens with zero attached hydrogens (tertiary/aromatic N) is 1. The molecule has 24 heavy (non-hydrogen) atoms. The Hall–Kier alpha value is -2.57. The Labute approximate surface area is 140 Å². The third-order valence-electron chi connectivity index (χ3n) is 3.35. The third-order valence-corrected chi connectivity index (χ3v) is 3.35. The third kappa shape index (κ3) is 5.57. The quantitative estimate of drug-likeness (QED) is 0.825. The normalized spacial score (nSPS) is 13.7. The number of rotatable bonds is 6. The fourth-order valence-electron chi connectivity index (χ4n) is 2.26. The fraction of sp³-hybridized carbons (Fsp3) is 0.471. The second kappa shape index (κ2) is 7.81. The molecule has 7 heteroatoms. The molecular formula is C17H23NO6. The number of aliphatic carboxylic acids is 2. The van der Waals surface area contributed by atoms with Crippen LogP contribution in [0.1, 0.15) is 26.3 Å². The summed E-state index contributed by atoms with van der Waals surface area (Å²) in [5.74, 6) is -3.99. The Balaban J connectivity index is 3.07. The molecule has 2 N–H and O–H groups in total. The van der Waals surface area contributed by atoms with Crippen molar-refractivity contribution in [2.75, 3.05) is 7.05 Å². The van der Waals surface area contributed by atoms with Crippen molar-refractivity contribution in [3.8, 4) is 0 Å². The molecule has 0 spiro atoms. The van der Waals surface area contributed by atoms with Crippen LogP contribution in [-0.2, 0) is 20.7 Å². The lowest BCUT2D eigenvalue weighted by Gasteiger charge is -2.31. The minimum absolute atomic E-state index is 0.0136. The molecule has 0 radical (unpaired) electrons. The maximum absolute atomic E-state index is 12.1. The monoisotopic (exact) mass is 337 g/mol. The van der Waals surface area contributed by atoms with Crippen LogP contribution in [0, 0.1) is 5.92 Å². The summed E-state index contributed by atoms with van der Waals surface area (Å²) in [4.78, 5) is 36.2. The number of hydrogen-bond acceptors (Lipinski definition) is 4. The van der Waals surface area contributed by atoms with E-state index in [0.29, 0.717) is 5.56 Å². The van der Waals surface area contributed by atoms with Crippen LogP contribution in [0.4, 0.5) is 4.79 Å². The van der Waals surface area contributed by atoms with Gasteiger partial charge in [-0.1, -0.05) is 30.3 Å². The molecule has 0 aliphatic heterocycles. The molecule has 0 saturated heterocycles. The van der Waals surface area contributed by atoms with E-state index in [4.69, 9.17) is 4.74 Å². The van der Waals surface area contributed by atoms with Crippen LogP contribution in [0.5, 0.6) is 0 Å². The molecule has 132 valence electrons. The fourth-order valence-corrected chi connectivity index (χ4v) is 2.26. The number of hydrogen-bond donors (Lipinski definition) is 2. The van der Waals surface area contributed by atoms with E-state index >= 15 is 0 Å². The van der Waals surface area contributed by atoms with Crippen LogP contribution in [0.3, 0.4) is 0 Å². The number of carboxylic acids is 2. The highest BCUT2D eigenvalue weighted by Gasteiger charge is 2.40. The lowest BCUT2D eigenvalue weighted by molar-refractivity contribution is -0.154. The zero-order valence-corrected chi connectivity index (χ0v) is 14.2. The van der Waals surface area contributed by atoms with Crippen molar-refractivity contribution in [1.82, 2.24) is 4.90 Å². The second-order valence-electron chi connectivity index (χ2n) is 6.51. The van der Waals surface area contributed by atoms with Crippen LogP contribution < -0.4 is 0 Å². The van der Waals surface area contributed by atoms with E-state index in [-0.39, 0.29) is 6.42 Å². The van der Waals surface area contributed by atoms with Crippen molar-refractivity contribution < 1.29 is 29.3 Å². The molecule has 0 saturated carbocycles. The predicted octanol–water partition coefficient (Wildman–Crippen LogP) is 2.25. The van der Waals surface area contributed by atoms with Gasteiger partial charge in [-0.2, -0.15) is 0 Å². The first-order chi connectivity index (χ1) is 11.0. The van der Waals surface area contributed by atoms with Crippen molar-refractivity contribution in [3.05, 3.63) is 35.9 Å². The first-order valence-corrected chi connectivity index (χ1v) is 7.48. The van der Waals surface area contributed by atoms with E-state index < -0.39 is 35.6 Å². The lowest BCUT2D eigenvalue weighted by Crippen LogP contribution is -2.51. The van der Waals surface area contributed by atoms with Gasteiger partial charge in [-0.3, -0.25) is 9.69 Å². The number of carboxylic acid groups (broad SMARTS) is 2. The van der Waals surface area contributed by atoms with E-state index in [1.54, 1.807) is 51.1 Å². The summed E-state index contributed by atoms with van der Waals surface area (Å²) in [5.41, 5.74) is -0.138. The Morgan fingerprint density at radius 1 is 1.08 bits per heavy atom. The van der Waals surface area contributed by atoms with Crippen molar-refractivity contribution in [3.63, 3.8) is 0 Å². The minimum Gasteiger partial charge on any atom is -0.481 e. The molecule has 7 nitrogen and oxygen atoms in total. The molecule has 1 rings (SSSR count). The van der Waals surface area contributed by atoms with Gasteiger partial charge in [0.1, 0.15) is 11.6 Å². The van der Waals surface area contributed by atoms with Gasteiger partial charge < -0.3 is 14.9 Å². The SMILES string of the molecule is CN(C(=O)OC(C)(C)C)[C@H](C(=O)O)C(Cc1ccccc1)C(=O)O. The topological polar surface area (TPSA) is 104 Å². The first kappa shape index (κ1) is 19.5. The molecule has 2 atom stereocenters. The summed E-state index contributed by atoms with van der Waals surface area (Å²) in [6.45, 7) is 4.94. The zero-order valence-electron chi connectivity index (χ0n) is 14.2. The van der Waals surface area contributed by atoms with Crippen LogP contribution >= 0.6 is 0 Å². The Morgan fingerprint density at radius 3 is 2.04 bits per heavy atom. The van der Waals surface area contributed by atoms with E-state index in [9.17, 15) is 24.6 Å². The van der Waals surface area contributed by atoms with Gasteiger partial charge in [-0.25, -0.2) is 9.59 Å². The highest BCUT2D eigenvalue weighted by Crippen LogP contribution is 2.20. The number of carbonyl (C=O) groups is 3. The number of likely N-dealkylation sites (N-methyl/N-ethyl adjacent to an activating group) is 1. The minimum atomic E-state index is -1.54. The number of ether oxygens (including phenoxy) is 1. The Bertz CT molecular complexity index is 593. The smallest absolute Gasteiger partial charge is 0.410 e. The highest BCUT2D eigenvalue weighted by atomic mass is 16.6. The molecule has 0 heterocycles. The van der Waals surface area contributed by atoms with Crippen molar-refractivity contribution in [2.45, 2.75) is 38.8 Å². The van der Waals surface area contributed by atoms with Gasteiger partial charge in [-0.05, 0) is 32.8 Å². The molecule has 0 aliphatic carbocycles. The molecule has 1 aromatic rings. The van der Waals surface area contributed by atoms with Gasteiger partial charge >= 0.3 is 18.0 Å². The molecule has 0 aromatic heterocycles. The number of carbonyl (C=O) groups excluding carboxylic acids is 1. The average molecular weight is 337 g/mol. The van der Waals surface area contributed by atoms with E-state index in [2.05, 4.69) is 0 Å².